The van der Waals surface area contributed by atoms with Crippen molar-refractivity contribution < 1.29 is 19.7 Å². The van der Waals surface area contributed by atoms with Gasteiger partial charge in [-0.05, 0) is 17.2 Å². The molecule has 0 aliphatic heterocycles. The molecule has 7 heteroatoms. The van der Waals surface area contributed by atoms with Gasteiger partial charge < -0.3 is 15.3 Å². The second-order valence-corrected chi connectivity index (χ2v) is 3.43. The van der Waals surface area contributed by atoms with Crippen molar-refractivity contribution >= 4 is 0 Å². The van der Waals surface area contributed by atoms with E-state index < -0.39 is 24.6 Å². The Bertz CT molecular complexity index is 435. The molecule has 92 valence electrons. The van der Waals surface area contributed by atoms with Crippen LogP contribution < -0.4 is 0 Å². The van der Waals surface area contributed by atoms with E-state index in [1.54, 1.807) is 0 Å². The summed E-state index contributed by atoms with van der Waals surface area (Å²) in [6.45, 7) is -0.746. The summed E-state index contributed by atoms with van der Waals surface area (Å²) in [4.78, 5) is 2.44. The lowest BCUT2D eigenvalue weighted by atomic mass is 10.0. The molecule has 3 N–H and O–H groups in total. The van der Waals surface area contributed by atoms with E-state index in [0.29, 0.717) is 0 Å². The third kappa shape index (κ3) is 3.40. The Morgan fingerprint density at radius 1 is 1.41 bits per heavy atom. The fraction of sp³-hybridized carbons (Fsp3) is 0.400. The predicted molar refractivity (Wildman–Crippen MR) is 57.3 cm³/mol. The number of aliphatic hydroxyl groups excluding tert-OH is 3. The van der Waals surface area contributed by atoms with Gasteiger partial charge >= 0.3 is 0 Å². The summed E-state index contributed by atoms with van der Waals surface area (Å²) in [7, 11) is 0. The zero-order valence-electron chi connectivity index (χ0n) is 8.86. The molecule has 0 aliphatic carbocycles. The van der Waals surface area contributed by atoms with Crippen molar-refractivity contribution in [3.05, 3.63) is 45.6 Å². The Balaban J connectivity index is 2.85. The standard InChI is InChI=1S/C10H12FN3O3/c11-8-3-6(1-2-7(8)5-15)10(17)9(16)4-13-14-12/h1-3,9-10,15-17H,4-5H2. The summed E-state index contributed by atoms with van der Waals surface area (Å²) >= 11 is 0. The lowest BCUT2D eigenvalue weighted by Gasteiger charge is -2.16. The molecule has 6 nitrogen and oxygen atoms in total. The zero-order valence-corrected chi connectivity index (χ0v) is 8.86. The lowest BCUT2D eigenvalue weighted by molar-refractivity contribution is 0.0242. The first-order valence-corrected chi connectivity index (χ1v) is 4.86. The average molecular weight is 241 g/mol. The van der Waals surface area contributed by atoms with E-state index in [-0.39, 0.29) is 17.7 Å². The van der Waals surface area contributed by atoms with Crippen LogP contribution in [0.5, 0.6) is 0 Å². The Hall–Kier alpha value is -1.66. The van der Waals surface area contributed by atoms with Gasteiger partial charge in [0.15, 0.2) is 0 Å². The third-order valence-corrected chi connectivity index (χ3v) is 2.29. The number of hydrogen-bond donors (Lipinski definition) is 3. The number of halogens is 1. The second kappa shape index (κ2) is 6.17. The van der Waals surface area contributed by atoms with Crippen molar-refractivity contribution in [3.8, 4) is 0 Å². The molecule has 1 aromatic carbocycles. The largest absolute Gasteiger partial charge is 0.392 e. The number of nitrogens with zero attached hydrogens (tertiary/aromatic N) is 3. The molecule has 1 rings (SSSR count). The molecule has 0 radical (unpaired) electrons. The summed E-state index contributed by atoms with van der Waals surface area (Å²) in [6, 6.07) is 3.72. The fourth-order valence-electron chi connectivity index (χ4n) is 1.32. The van der Waals surface area contributed by atoms with Crippen LogP contribution in [0.2, 0.25) is 0 Å². The van der Waals surface area contributed by atoms with Gasteiger partial charge in [-0.25, -0.2) is 4.39 Å². The van der Waals surface area contributed by atoms with Crippen LogP contribution in [0.4, 0.5) is 4.39 Å². The number of aliphatic hydroxyl groups is 3. The minimum atomic E-state index is -1.34. The van der Waals surface area contributed by atoms with Gasteiger partial charge in [-0.15, -0.1) is 0 Å². The Morgan fingerprint density at radius 3 is 2.65 bits per heavy atom. The maximum absolute atomic E-state index is 13.3. The van der Waals surface area contributed by atoms with Gasteiger partial charge in [0.05, 0.1) is 19.3 Å². The van der Waals surface area contributed by atoms with Gasteiger partial charge in [0.1, 0.15) is 11.9 Å². The van der Waals surface area contributed by atoms with Crippen molar-refractivity contribution in [2.45, 2.75) is 18.8 Å². The van der Waals surface area contributed by atoms with E-state index in [9.17, 15) is 14.6 Å². The highest BCUT2D eigenvalue weighted by molar-refractivity contribution is 5.26. The number of rotatable bonds is 5. The average Bonchev–Trinajstić information content (AvgIpc) is 2.34. The van der Waals surface area contributed by atoms with E-state index in [2.05, 4.69) is 10.0 Å². The topological polar surface area (TPSA) is 109 Å². The van der Waals surface area contributed by atoms with Gasteiger partial charge in [0, 0.05) is 10.5 Å². The molecular weight excluding hydrogens is 229 g/mol. The minimum Gasteiger partial charge on any atom is -0.392 e. The van der Waals surface area contributed by atoms with Crippen LogP contribution in [0.3, 0.4) is 0 Å². The molecule has 0 saturated heterocycles. The third-order valence-electron chi connectivity index (χ3n) is 2.29. The lowest BCUT2D eigenvalue weighted by Crippen LogP contribution is -2.21. The summed E-state index contributed by atoms with van der Waals surface area (Å²) < 4.78 is 13.3. The molecule has 17 heavy (non-hydrogen) atoms. The van der Waals surface area contributed by atoms with Crippen molar-refractivity contribution in [3.63, 3.8) is 0 Å². The first-order valence-electron chi connectivity index (χ1n) is 4.86. The van der Waals surface area contributed by atoms with E-state index in [4.69, 9.17) is 10.6 Å². The van der Waals surface area contributed by atoms with E-state index in [1.165, 1.54) is 12.1 Å². The number of hydrogen-bond acceptors (Lipinski definition) is 4. The summed E-state index contributed by atoms with van der Waals surface area (Å²) in [6.07, 6.45) is -2.65. The van der Waals surface area contributed by atoms with Gasteiger partial charge in [-0.1, -0.05) is 17.2 Å². The highest BCUT2D eigenvalue weighted by Crippen LogP contribution is 2.20. The predicted octanol–water partition coefficient (Wildman–Crippen LogP) is 1.02. The van der Waals surface area contributed by atoms with Crippen LogP contribution in [0, 0.1) is 5.82 Å². The van der Waals surface area contributed by atoms with Crippen molar-refractivity contribution in [2.24, 2.45) is 5.11 Å². The molecule has 2 atom stereocenters. The van der Waals surface area contributed by atoms with E-state index in [1.807, 2.05) is 0 Å². The molecule has 0 amide bonds. The molecule has 2 unspecified atom stereocenters. The molecule has 0 saturated carbocycles. The normalized spacial score (nSPS) is 13.9. The number of benzene rings is 1. The molecular formula is C10H12FN3O3. The Labute approximate surface area is 96.6 Å². The number of azide groups is 1. The fourth-order valence-corrected chi connectivity index (χ4v) is 1.32. The molecule has 0 aliphatic rings. The molecule has 0 aromatic heterocycles. The summed E-state index contributed by atoms with van der Waals surface area (Å²) in [5.74, 6) is -0.667. The van der Waals surface area contributed by atoms with Crippen LogP contribution >= 0.6 is 0 Å². The van der Waals surface area contributed by atoms with Crippen LogP contribution in [0.25, 0.3) is 10.4 Å². The molecule has 0 bridgehead atoms. The van der Waals surface area contributed by atoms with Crippen LogP contribution in [-0.4, -0.2) is 28.0 Å². The first kappa shape index (κ1) is 13.4. The van der Waals surface area contributed by atoms with Gasteiger partial charge in [0.2, 0.25) is 0 Å². The molecule has 0 heterocycles. The van der Waals surface area contributed by atoms with Crippen LogP contribution in [0.1, 0.15) is 17.2 Å². The molecule has 0 fully saturated rings. The Morgan fingerprint density at radius 2 is 2.12 bits per heavy atom. The Kier molecular flexibility index (Phi) is 4.86. The van der Waals surface area contributed by atoms with E-state index >= 15 is 0 Å². The quantitative estimate of drug-likeness (QED) is 0.406. The highest BCUT2D eigenvalue weighted by Gasteiger charge is 2.18. The summed E-state index contributed by atoms with van der Waals surface area (Å²) in [5.41, 5.74) is 8.31. The minimum absolute atomic E-state index is 0.102. The van der Waals surface area contributed by atoms with Gasteiger partial charge in [0.25, 0.3) is 0 Å². The maximum Gasteiger partial charge on any atom is 0.129 e. The van der Waals surface area contributed by atoms with Crippen molar-refractivity contribution in [1.82, 2.24) is 0 Å². The van der Waals surface area contributed by atoms with Crippen LogP contribution in [-0.2, 0) is 6.61 Å². The highest BCUT2D eigenvalue weighted by atomic mass is 19.1. The van der Waals surface area contributed by atoms with Crippen molar-refractivity contribution in [2.75, 3.05) is 6.54 Å². The van der Waals surface area contributed by atoms with Crippen LogP contribution in [0.15, 0.2) is 23.3 Å². The van der Waals surface area contributed by atoms with Crippen molar-refractivity contribution in [1.29, 1.82) is 0 Å². The second-order valence-electron chi connectivity index (χ2n) is 3.43. The van der Waals surface area contributed by atoms with Gasteiger partial charge in [-0.2, -0.15) is 0 Å². The molecule has 0 spiro atoms. The first-order chi connectivity index (χ1) is 8.10. The summed E-state index contributed by atoms with van der Waals surface area (Å²) in [5, 5.41) is 31.0. The smallest absolute Gasteiger partial charge is 0.129 e. The molecule has 1 aromatic rings. The zero-order chi connectivity index (χ0) is 12.8. The van der Waals surface area contributed by atoms with E-state index in [0.717, 1.165) is 6.07 Å². The monoisotopic (exact) mass is 241 g/mol. The van der Waals surface area contributed by atoms with Gasteiger partial charge in [-0.3, -0.25) is 0 Å². The SMILES string of the molecule is [N-]=[N+]=NCC(O)C(O)c1ccc(CO)c(F)c1. The maximum atomic E-state index is 13.3.